The molecule has 0 aromatic carbocycles. The number of likely N-dealkylation sites (tertiary alicyclic amines) is 1. The number of carbonyl (C=O) groups excluding carboxylic acids is 2. The number of hydrogen-bond acceptors (Lipinski definition) is 3. The van der Waals surface area contributed by atoms with Crippen molar-refractivity contribution in [2.75, 3.05) is 13.1 Å². The molecule has 2 aromatic rings. The van der Waals surface area contributed by atoms with Crippen LogP contribution in [0.5, 0.6) is 0 Å². The molecule has 0 saturated carbocycles. The Balaban J connectivity index is 1.52. The summed E-state index contributed by atoms with van der Waals surface area (Å²) in [7, 11) is 1.89. The smallest absolute Gasteiger partial charge is 0.270 e. The second-order valence-electron chi connectivity index (χ2n) is 6.78. The Morgan fingerprint density at radius 2 is 2.17 bits per heavy atom. The number of H-pyrrole nitrogens is 1. The number of nitrogens with one attached hydrogen (secondary N) is 2. The van der Waals surface area contributed by atoms with Crippen molar-refractivity contribution in [2.24, 2.45) is 7.05 Å². The lowest BCUT2D eigenvalue weighted by Crippen LogP contribution is -2.54. The van der Waals surface area contributed by atoms with Crippen molar-refractivity contribution in [1.82, 2.24) is 25.0 Å². The van der Waals surface area contributed by atoms with Crippen LogP contribution in [0.1, 0.15) is 41.2 Å². The summed E-state index contributed by atoms with van der Waals surface area (Å²) in [5.41, 5.74) is 1.46. The number of carbonyl (C=O) groups is 2. The molecule has 2 aliphatic heterocycles. The van der Waals surface area contributed by atoms with E-state index in [1.807, 2.05) is 30.4 Å². The molecule has 0 bridgehead atoms. The fraction of sp³-hybridized carbons (Fsp3) is 0.471. The quantitative estimate of drug-likeness (QED) is 0.864. The third-order valence-electron chi connectivity index (χ3n) is 5.34. The number of aromatic amines is 1. The molecule has 7 nitrogen and oxygen atoms in total. The molecule has 2 amide bonds. The Labute approximate surface area is 140 Å². The van der Waals surface area contributed by atoms with E-state index < -0.39 is 0 Å². The van der Waals surface area contributed by atoms with Gasteiger partial charge in [0.25, 0.3) is 5.91 Å². The number of nitrogens with zero attached hydrogens (tertiary/aromatic N) is 3. The van der Waals surface area contributed by atoms with Gasteiger partial charge in [-0.1, -0.05) is 0 Å². The van der Waals surface area contributed by atoms with Crippen molar-refractivity contribution in [2.45, 2.75) is 30.7 Å². The standard InChI is InChI=1S/C17H21N5O2/c1-21-11-12(10-19-21)13-9-15(23)20-17(13)4-7-22(8-5-17)16(24)14-3-2-6-18-14/h2-3,6,10-11,13,18H,4-5,7-9H2,1H3,(H,20,23)/t13-/m1/s1. The lowest BCUT2D eigenvalue weighted by atomic mass is 9.75. The van der Waals surface area contributed by atoms with Crippen LogP contribution in [0, 0.1) is 0 Å². The largest absolute Gasteiger partial charge is 0.357 e. The third-order valence-corrected chi connectivity index (χ3v) is 5.34. The first-order valence-electron chi connectivity index (χ1n) is 8.30. The first-order chi connectivity index (χ1) is 11.6. The molecule has 24 heavy (non-hydrogen) atoms. The van der Waals surface area contributed by atoms with Crippen molar-refractivity contribution in [1.29, 1.82) is 0 Å². The maximum Gasteiger partial charge on any atom is 0.270 e. The second kappa shape index (κ2) is 5.51. The zero-order valence-corrected chi connectivity index (χ0v) is 13.7. The Hall–Kier alpha value is -2.57. The maximum absolute atomic E-state index is 12.5. The van der Waals surface area contributed by atoms with E-state index in [0.717, 1.165) is 18.4 Å². The highest BCUT2D eigenvalue weighted by molar-refractivity contribution is 5.92. The van der Waals surface area contributed by atoms with Gasteiger partial charge in [0.2, 0.25) is 5.91 Å². The van der Waals surface area contributed by atoms with Crippen molar-refractivity contribution in [3.8, 4) is 0 Å². The van der Waals surface area contributed by atoms with Gasteiger partial charge in [-0.15, -0.1) is 0 Å². The molecule has 2 saturated heterocycles. The molecule has 2 fully saturated rings. The van der Waals surface area contributed by atoms with Crippen LogP contribution in [0.3, 0.4) is 0 Å². The average Bonchev–Trinajstić information content (AvgIpc) is 3.28. The summed E-state index contributed by atoms with van der Waals surface area (Å²) < 4.78 is 1.77. The molecule has 0 unspecified atom stereocenters. The normalized spacial score (nSPS) is 22.8. The van der Waals surface area contributed by atoms with Crippen LogP contribution in [0.2, 0.25) is 0 Å². The molecule has 0 radical (unpaired) electrons. The van der Waals surface area contributed by atoms with Gasteiger partial charge in [-0.3, -0.25) is 14.3 Å². The van der Waals surface area contributed by atoms with Gasteiger partial charge >= 0.3 is 0 Å². The minimum Gasteiger partial charge on any atom is -0.357 e. The van der Waals surface area contributed by atoms with E-state index >= 15 is 0 Å². The molecule has 0 aliphatic carbocycles. The van der Waals surface area contributed by atoms with Gasteiger partial charge < -0.3 is 15.2 Å². The molecular weight excluding hydrogens is 306 g/mol. The topological polar surface area (TPSA) is 83.0 Å². The molecule has 1 atom stereocenters. The van der Waals surface area contributed by atoms with Crippen LogP contribution in [-0.4, -0.2) is 50.1 Å². The second-order valence-corrected chi connectivity index (χ2v) is 6.78. The fourth-order valence-electron chi connectivity index (χ4n) is 4.07. The van der Waals surface area contributed by atoms with Gasteiger partial charge in [0.1, 0.15) is 5.69 Å². The maximum atomic E-state index is 12.5. The van der Waals surface area contributed by atoms with E-state index in [0.29, 0.717) is 25.2 Å². The van der Waals surface area contributed by atoms with Crippen LogP contribution in [0.15, 0.2) is 30.7 Å². The predicted octanol–water partition coefficient (Wildman–Crippen LogP) is 1.03. The summed E-state index contributed by atoms with van der Waals surface area (Å²) in [5.74, 6) is 0.242. The van der Waals surface area contributed by atoms with Crippen molar-refractivity contribution in [3.63, 3.8) is 0 Å². The minimum absolute atomic E-state index is 0.0251. The number of aromatic nitrogens is 3. The summed E-state index contributed by atoms with van der Waals surface area (Å²) in [4.78, 5) is 29.4. The van der Waals surface area contributed by atoms with E-state index in [4.69, 9.17) is 0 Å². The van der Waals surface area contributed by atoms with Gasteiger partial charge in [-0.25, -0.2) is 0 Å². The fourth-order valence-corrected chi connectivity index (χ4v) is 4.07. The summed E-state index contributed by atoms with van der Waals surface area (Å²) in [6.07, 6.45) is 7.63. The SMILES string of the molecule is Cn1cc([C@H]2CC(=O)NC23CCN(C(=O)c2ccc[nH]2)CC3)cn1. The molecule has 1 spiro atoms. The van der Waals surface area contributed by atoms with E-state index in [1.165, 1.54) is 0 Å². The summed E-state index contributed by atoms with van der Waals surface area (Å²) in [6.45, 7) is 1.30. The molecule has 2 aromatic heterocycles. The highest BCUT2D eigenvalue weighted by Crippen LogP contribution is 2.43. The van der Waals surface area contributed by atoms with Crippen molar-refractivity contribution >= 4 is 11.8 Å². The van der Waals surface area contributed by atoms with E-state index in [1.54, 1.807) is 16.9 Å². The summed E-state index contributed by atoms with van der Waals surface area (Å²) >= 11 is 0. The van der Waals surface area contributed by atoms with Gasteiger partial charge in [-0.05, 0) is 30.5 Å². The lowest BCUT2D eigenvalue weighted by molar-refractivity contribution is -0.120. The zero-order chi connectivity index (χ0) is 16.7. The highest BCUT2D eigenvalue weighted by atomic mass is 16.2. The zero-order valence-electron chi connectivity index (χ0n) is 13.7. The van der Waals surface area contributed by atoms with Crippen LogP contribution < -0.4 is 5.32 Å². The number of piperidine rings is 1. The predicted molar refractivity (Wildman–Crippen MR) is 87.4 cm³/mol. The Morgan fingerprint density at radius 1 is 1.38 bits per heavy atom. The summed E-state index contributed by atoms with van der Waals surface area (Å²) in [6, 6.07) is 3.62. The van der Waals surface area contributed by atoms with Gasteiger partial charge in [0, 0.05) is 44.9 Å². The number of hydrogen-bond donors (Lipinski definition) is 2. The molecule has 4 rings (SSSR count). The van der Waals surface area contributed by atoms with E-state index in [-0.39, 0.29) is 23.3 Å². The van der Waals surface area contributed by atoms with Gasteiger partial charge in [0.15, 0.2) is 0 Å². The monoisotopic (exact) mass is 327 g/mol. The number of aryl methyl sites for hydroxylation is 1. The van der Waals surface area contributed by atoms with Gasteiger partial charge in [-0.2, -0.15) is 5.10 Å². The van der Waals surface area contributed by atoms with Crippen LogP contribution >= 0.6 is 0 Å². The van der Waals surface area contributed by atoms with E-state index in [9.17, 15) is 9.59 Å². The minimum atomic E-state index is -0.257. The van der Waals surface area contributed by atoms with Crippen molar-refractivity contribution < 1.29 is 9.59 Å². The van der Waals surface area contributed by atoms with Crippen LogP contribution in [0.25, 0.3) is 0 Å². The number of amides is 2. The Morgan fingerprint density at radius 3 is 2.79 bits per heavy atom. The Kier molecular flexibility index (Phi) is 3.44. The Bertz CT molecular complexity index is 756. The molecule has 2 N–H and O–H groups in total. The first-order valence-corrected chi connectivity index (χ1v) is 8.30. The molecular formula is C17H21N5O2. The molecule has 126 valence electrons. The first kappa shape index (κ1) is 15.0. The molecule has 7 heteroatoms. The summed E-state index contributed by atoms with van der Waals surface area (Å²) in [5, 5.41) is 7.45. The lowest BCUT2D eigenvalue weighted by Gasteiger charge is -2.42. The van der Waals surface area contributed by atoms with E-state index in [2.05, 4.69) is 15.4 Å². The van der Waals surface area contributed by atoms with Crippen LogP contribution in [-0.2, 0) is 11.8 Å². The van der Waals surface area contributed by atoms with Crippen LogP contribution in [0.4, 0.5) is 0 Å². The average molecular weight is 327 g/mol. The number of rotatable bonds is 2. The molecule has 2 aliphatic rings. The molecule has 4 heterocycles. The van der Waals surface area contributed by atoms with Gasteiger partial charge in [0.05, 0.1) is 11.7 Å². The van der Waals surface area contributed by atoms with Crippen molar-refractivity contribution in [3.05, 3.63) is 42.0 Å². The third kappa shape index (κ3) is 2.40. The highest BCUT2D eigenvalue weighted by Gasteiger charge is 2.49.